The summed E-state index contributed by atoms with van der Waals surface area (Å²) in [4.78, 5) is 24.7. The Labute approximate surface area is 131 Å². The van der Waals surface area contributed by atoms with Crippen molar-refractivity contribution in [3.8, 4) is 0 Å². The number of imidazole rings is 1. The van der Waals surface area contributed by atoms with Gasteiger partial charge in [-0.25, -0.2) is 9.97 Å². The Bertz CT molecular complexity index is 682. The number of nitrogens with two attached hydrogens (primary N) is 1. The predicted octanol–water partition coefficient (Wildman–Crippen LogP) is 0.426. The van der Waals surface area contributed by atoms with E-state index in [0.29, 0.717) is 22.7 Å². The number of carbonyl (C=O) groups excluding carboxylic acids is 1. The molecular weight excluding hydrogens is 304 g/mol. The maximum Gasteiger partial charge on any atom is 0.240 e. The van der Waals surface area contributed by atoms with E-state index in [1.165, 1.54) is 11.8 Å². The fourth-order valence-corrected chi connectivity index (χ4v) is 2.96. The molecule has 1 aliphatic rings. The third-order valence-corrected chi connectivity index (χ3v) is 4.18. The second kappa shape index (κ2) is 6.49. The molecule has 1 fully saturated rings. The fraction of sp³-hybridized carbons (Fsp3) is 0.538. The molecule has 1 saturated heterocycles. The number of carbonyl (C=O) groups is 1. The summed E-state index contributed by atoms with van der Waals surface area (Å²) in [5, 5.41) is 3.59. The highest BCUT2D eigenvalue weighted by Gasteiger charge is 2.17. The third kappa shape index (κ3) is 3.14. The highest BCUT2D eigenvalue weighted by atomic mass is 32.2. The average Bonchev–Trinajstić information content (AvgIpc) is 3.15. The minimum absolute atomic E-state index is 0.0994. The summed E-state index contributed by atoms with van der Waals surface area (Å²) >= 11 is 1.45. The first-order valence-corrected chi connectivity index (χ1v) is 8.30. The summed E-state index contributed by atoms with van der Waals surface area (Å²) in [7, 11) is 0. The van der Waals surface area contributed by atoms with Crippen molar-refractivity contribution in [2.75, 3.05) is 25.1 Å². The van der Waals surface area contributed by atoms with Crippen LogP contribution in [0.15, 0.2) is 11.4 Å². The van der Waals surface area contributed by atoms with Crippen molar-refractivity contribution in [1.82, 2.24) is 24.8 Å². The first kappa shape index (κ1) is 15.0. The Morgan fingerprint density at radius 3 is 3.18 bits per heavy atom. The molecule has 2 aromatic heterocycles. The lowest BCUT2D eigenvalue weighted by atomic mass is 10.2. The maximum absolute atomic E-state index is 12.1. The zero-order valence-electron chi connectivity index (χ0n) is 12.3. The summed E-state index contributed by atoms with van der Waals surface area (Å²) in [6.07, 6.45) is 5.67. The van der Waals surface area contributed by atoms with Gasteiger partial charge in [0.15, 0.2) is 5.65 Å². The van der Waals surface area contributed by atoms with E-state index < -0.39 is 0 Å². The van der Waals surface area contributed by atoms with Gasteiger partial charge in [-0.2, -0.15) is 4.98 Å². The van der Waals surface area contributed by atoms with E-state index in [-0.39, 0.29) is 24.5 Å². The SMILES string of the molecule is CSc1nc(N)nc2c1ncn2CC(=O)NCC1CCCO1. The minimum atomic E-state index is -0.0994. The number of nitrogens with one attached hydrogen (secondary N) is 1. The maximum atomic E-state index is 12.1. The molecule has 0 spiro atoms. The number of aromatic nitrogens is 4. The first-order chi connectivity index (χ1) is 10.7. The summed E-state index contributed by atoms with van der Waals surface area (Å²) in [6, 6.07) is 0. The average molecular weight is 322 g/mol. The van der Waals surface area contributed by atoms with Crippen LogP contribution in [0, 0.1) is 0 Å². The van der Waals surface area contributed by atoms with Gasteiger partial charge >= 0.3 is 0 Å². The van der Waals surface area contributed by atoms with Gasteiger partial charge in [-0.15, -0.1) is 11.8 Å². The van der Waals surface area contributed by atoms with E-state index in [1.807, 2.05) is 6.26 Å². The van der Waals surface area contributed by atoms with Gasteiger partial charge in [-0.3, -0.25) is 4.79 Å². The molecule has 22 heavy (non-hydrogen) atoms. The van der Waals surface area contributed by atoms with Crippen molar-refractivity contribution in [3.05, 3.63) is 6.33 Å². The van der Waals surface area contributed by atoms with E-state index in [9.17, 15) is 4.79 Å². The van der Waals surface area contributed by atoms with Crippen LogP contribution in [0.25, 0.3) is 11.2 Å². The lowest BCUT2D eigenvalue weighted by Crippen LogP contribution is -2.34. The lowest BCUT2D eigenvalue weighted by Gasteiger charge is -2.11. The second-order valence-corrected chi connectivity index (χ2v) is 5.87. The van der Waals surface area contributed by atoms with Crippen LogP contribution in [-0.2, 0) is 16.1 Å². The molecule has 0 radical (unpaired) electrons. The number of nitrogen functional groups attached to an aromatic ring is 1. The number of fused-ring (bicyclic) bond motifs is 1. The molecule has 118 valence electrons. The molecule has 0 bridgehead atoms. The summed E-state index contributed by atoms with van der Waals surface area (Å²) in [6.45, 7) is 1.46. The van der Waals surface area contributed by atoms with E-state index in [0.717, 1.165) is 19.4 Å². The molecule has 8 nitrogen and oxygen atoms in total. The topological polar surface area (TPSA) is 108 Å². The Morgan fingerprint density at radius 2 is 2.45 bits per heavy atom. The number of hydrogen-bond acceptors (Lipinski definition) is 7. The number of amides is 1. The van der Waals surface area contributed by atoms with Crippen LogP contribution in [0.3, 0.4) is 0 Å². The molecule has 0 aliphatic carbocycles. The normalized spacial score (nSPS) is 18.0. The molecule has 3 N–H and O–H groups in total. The summed E-state index contributed by atoms with van der Waals surface area (Å²) in [5.41, 5.74) is 6.94. The predicted molar refractivity (Wildman–Crippen MR) is 83.5 cm³/mol. The van der Waals surface area contributed by atoms with Crippen LogP contribution in [0.5, 0.6) is 0 Å². The third-order valence-electron chi connectivity index (χ3n) is 3.51. The van der Waals surface area contributed by atoms with Crippen molar-refractivity contribution in [1.29, 1.82) is 0 Å². The first-order valence-electron chi connectivity index (χ1n) is 7.08. The summed E-state index contributed by atoms with van der Waals surface area (Å²) in [5.74, 6) is 0.0797. The van der Waals surface area contributed by atoms with Crippen molar-refractivity contribution >= 4 is 34.8 Å². The fourth-order valence-electron chi connectivity index (χ4n) is 2.44. The van der Waals surface area contributed by atoms with Gasteiger partial charge in [-0.1, -0.05) is 0 Å². The number of thioether (sulfide) groups is 1. The van der Waals surface area contributed by atoms with E-state index in [4.69, 9.17) is 10.5 Å². The monoisotopic (exact) mass is 322 g/mol. The molecule has 3 heterocycles. The lowest BCUT2D eigenvalue weighted by molar-refractivity contribution is -0.122. The van der Waals surface area contributed by atoms with Crippen molar-refractivity contribution < 1.29 is 9.53 Å². The van der Waals surface area contributed by atoms with Gasteiger partial charge in [0.1, 0.15) is 17.1 Å². The van der Waals surface area contributed by atoms with Crippen LogP contribution in [0.2, 0.25) is 0 Å². The Morgan fingerprint density at radius 1 is 1.59 bits per heavy atom. The van der Waals surface area contributed by atoms with Gasteiger partial charge in [-0.05, 0) is 19.1 Å². The molecule has 1 aliphatic heterocycles. The number of anilines is 1. The highest BCUT2D eigenvalue weighted by molar-refractivity contribution is 7.98. The molecule has 0 aromatic carbocycles. The van der Waals surface area contributed by atoms with Crippen molar-refractivity contribution in [2.24, 2.45) is 0 Å². The van der Waals surface area contributed by atoms with Crippen LogP contribution < -0.4 is 11.1 Å². The van der Waals surface area contributed by atoms with Crippen LogP contribution >= 0.6 is 11.8 Å². The number of rotatable bonds is 5. The molecule has 3 rings (SSSR count). The smallest absolute Gasteiger partial charge is 0.240 e. The molecule has 0 saturated carbocycles. The van der Waals surface area contributed by atoms with E-state index >= 15 is 0 Å². The molecule has 1 amide bonds. The Balaban J connectivity index is 1.70. The standard InChI is InChI=1S/C13H18N6O2S/c1-22-12-10-11(17-13(14)18-12)19(7-16-10)6-9(20)15-5-8-3-2-4-21-8/h7-8H,2-6H2,1H3,(H,15,20)(H2,14,17,18). The van der Waals surface area contributed by atoms with Crippen LogP contribution in [0.4, 0.5) is 5.95 Å². The van der Waals surface area contributed by atoms with E-state index in [1.54, 1.807) is 10.9 Å². The highest BCUT2D eigenvalue weighted by Crippen LogP contribution is 2.22. The Kier molecular flexibility index (Phi) is 4.44. The molecule has 1 unspecified atom stereocenters. The number of nitrogens with zero attached hydrogens (tertiary/aromatic N) is 4. The van der Waals surface area contributed by atoms with Crippen molar-refractivity contribution in [3.63, 3.8) is 0 Å². The number of ether oxygens (including phenoxy) is 1. The van der Waals surface area contributed by atoms with Gasteiger partial charge in [0.05, 0.1) is 12.4 Å². The van der Waals surface area contributed by atoms with Gasteiger partial charge in [0.25, 0.3) is 0 Å². The molecule has 1 atom stereocenters. The van der Waals surface area contributed by atoms with E-state index in [2.05, 4.69) is 20.3 Å². The second-order valence-electron chi connectivity index (χ2n) is 5.07. The van der Waals surface area contributed by atoms with Crippen LogP contribution in [-0.4, -0.2) is 50.9 Å². The summed E-state index contributed by atoms with van der Waals surface area (Å²) < 4.78 is 7.16. The Hall–Kier alpha value is -1.87. The molecular formula is C13H18N6O2S. The zero-order chi connectivity index (χ0) is 15.5. The zero-order valence-corrected chi connectivity index (χ0v) is 13.1. The minimum Gasteiger partial charge on any atom is -0.376 e. The van der Waals surface area contributed by atoms with Crippen LogP contribution in [0.1, 0.15) is 12.8 Å². The van der Waals surface area contributed by atoms with Gasteiger partial charge in [0.2, 0.25) is 11.9 Å². The largest absolute Gasteiger partial charge is 0.376 e. The van der Waals surface area contributed by atoms with Gasteiger partial charge < -0.3 is 20.4 Å². The van der Waals surface area contributed by atoms with Crippen molar-refractivity contribution in [2.45, 2.75) is 30.5 Å². The van der Waals surface area contributed by atoms with Gasteiger partial charge in [0, 0.05) is 13.2 Å². The molecule has 2 aromatic rings. The quantitative estimate of drug-likeness (QED) is 0.607. The number of hydrogen-bond donors (Lipinski definition) is 2. The molecule has 9 heteroatoms.